The molecular weight excluding hydrogens is 282 g/mol. The number of amides is 2. The Morgan fingerprint density at radius 2 is 2.18 bits per heavy atom. The number of nitrogens with zero attached hydrogens (tertiary/aromatic N) is 3. The van der Waals surface area contributed by atoms with Crippen LogP contribution >= 0.6 is 0 Å². The van der Waals surface area contributed by atoms with Crippen molar-refractivity contribution in [2.24, 2.45) is 0 Å². The molecule has 0 radical (unpaired) electrons. The van der Waals surface area contributed by atoms with Crippen molar-refractivity contribution in [1.82, 2.24) is 25.2 Å². The van der Waals surface area contributed by atoms with E-state index in [4.69, 9.17) is 5.11 Å². The molecule has 22 heavy (non-hydrogen) atoms. The number of aromatic nitrogens is 3. The molecule has 1 unspecified atom stereocenters. The SMILES string of the molecule is Cc1nccn1-c1ccc(CNC(=O)NCCC(C)O)cn1. The monoisotopic (exact) mass is 303 g/mol. The first kappa shape index (κ1) is 16.0. The van der Waals surface area contributed by atoms with Gasteiger partial charge in [0.2, 0.25) is 0 Å². The van der Waals surface area contributed by atoms with Gasteiger partial charge in [-0.05, 0) is 31.9 Å². The van der Waals surface area contributed by atoms with E-state index in [1.54, 1.807) is 19.3 Å². The summed E-state index contributed by atoms with van der Waals surface area (Å²) in [4.78, 5) is 20.1. The highest BCUT2D eigenvalue weighted by molar-refractivity contribution is 5.73. The standard InChI is InChI=1S/C15H21N5O2/c1-11(21)5-6-17-15(22)19-10-13-3-4-14(18-9-13)20-8-7-16-12(20)2/h3-4,7-9,11,21H,5-6,10H2,1-2H3,(H2,17,19,22). The van der Waals surface area contributed by atoms with Crippen LogP contribution in [0.1, 0.15) is 24.7 Å². The largest absolute Gasteiger partial charge is 0.393 e. The topological polar surface area (TPSA) is 92.1 Å². The molecule has 2 aromatic heterocycles. The number of urea groups is 1. The number of rotatable bonds is 6. The summed E-state index contributed by atoms with van der Waals surface area (Å²) in [7, 11) is 0. The Morgan fingerprint density at radius 3 is 2.77 bits per heavy atom. The lowest BCUT2D eigenvalue weighted by Crippen LogP contribution is -2.36. The van der Waals surface area contributed by atoms with E-state index < -0.39 is 6.10 Å². The number of pyridine rings is 1. The van der Waals surface area contributed by atoms with Gasteiger partial charge in [-0.3, -0.25) is 4.57 Å². The molecule has 0 aliphatic heterocycles. The number of aliphatic hydroxyl groups is 1. The van der Waals surface area contributed by atoms with E-state index in [2.05, 4.69) is 20.6 Å². The average molecular weight is 303 g/mol. The molecule has 0 aliphatic carbocycles. The summed E-state index contributed by atoms with van der Waals surface area (Å²) in [5.41, 5.74) is 0.909. The lowest BCUT2D eigenvalue weighted by atomic mass is 10.3. The van der Waals surface area contributed by atoms with E-state index >= 15 is 0 Å². The highest BCUT2D eigenvalue weighted by Crippen LogP contribution is 2.08. The number of carbonyl (C=O) groups excluding carboxylic acids is 1. The molecule has 2 aromatic rings. The van der Waals surface area contributed by atoms with Crippen molar-refractivity contribution >= 4 is 6.03 Å². The summed E-state index contributed by atoms with van der Waals surface area (Å²) in [5, 5.41) is 14.5. The number of aliphatic hydroxyl groups excluding tert-OH is 1. The third-order valence-corrected chi connectivity index (χ3v) is 3.18. The minimum absolute atomic E-state index is 0.254. The Balaban J connectivity index is 1.82. The molecular formula is C15H21N5O2. The smallest absolute Gasteiger partial charge is 0.315 e. The molecule has 0 aromatic carbocycles. The number of imidazole rings is 1. The van der Waals surface area contributed by atoms with Crippen molar-refractivity contribution in [2.75, 3.05) is 6.54 Å². The van der Waals surface area contributed by atoms with Crippen LogP contribution in [0.25, 0.3) is 5.82 Å². The van der Waals surface area contributed by atoms with Gasteiger partial charge in [0.05, 0.1) is 6.10 Å². The van der Waals surface area contributed by atoms with Gasteiger partial charge in [0.15, 0.2) is 0 Å². The zero-order valence-electron chi connectivity index (χ0n) is 12.8. The molecule has 1 atom stereocenters. The van der Waals surface area contributed by atoms with Gasteiger partial charge in [0.1, 0.15) is 11.6 Å². The summed E-state index contributed by atoms with van der Waals surface area (Å²) < 4.78 is 1.89. The van der Waals surface area contributed by atoms with Crippen LogP contribution in [-0.4, -0.2) is 38.3 Å². The Bertz CT molecular complexity index is 607. The number of nitrogens with one attached hydrogen (secondary N) is 2. The van der Waals surface area contributed by atoms with Gasteiger partial charge in [-0.1, -0.05) is 6.07 Å². The van der Waals surface area contributed by atoms with Crippen LogP contribution in [0.15, 0.2) is 30.7 Å². The third-order valence-electron chi connectivity index (χ3n) is 3.18. The first-order valence-electron chi connectivity index (χ1n) is 7.21. The zero-order valence-corrected chi connectivity index (χ0v) is 12.8. The molecule has 0 saturated heterocycles. The number of carbonyl (C=O) groups is 1. The molecule has 0 fully saturated rings. The first-order chi connectivity index (χ1) is 10.6. The second kappa shape index (κ2) is 7.56. The van der Waals surface area contributed by atoms with Crippen molar-refractivity contribution in [1.29, 1.82) is 0 Å². The molecule has 2 rings (SSSR count). The summed E-state index contributed by atoms with van der Waals surface area (Å²) in [6, 6.07) is 3.55. The van der Waals surface area contributed by atoms with Crippen molar-refractivity contribution in [3.63, 3.8) is 0 Å². The molecule has 7 nitrogen and oxygen atoms in total. The summed E-state index contributed by atoms with van der Waals surface area (Å²) in [6.07, 6.45) is 5.43. The fourth-order valence-electron chi connectivity index (χ4n) is 1.92. The zero-order chi connectivity index (χ0) is 15.9. The summed E-state index contributed by atoms with van der Waals surface area (Å²) in [5.74, 6) is 1.66. The van der Waals surface area contributed by atoms with Gasteiger partial charge < -0.3 is 15.7 Å². The van der Waals surface area contributed by atoms with Crippen LogP contribution in [0.2, 0.25) is 0 Å². The van der Waals surface area contributed by atoms with Gasteiger partial charge in [0.25, 0.3) is 0 Å². The highest BCUT2D eigenvalue weighted by atomic mass is 16.3. The number of hydrogen-bond donors (Lipinski definition) is 3. The van der Waals surface area contributed by atoms with Gasteiger partial charge in [-0.15, -0.1) is 0 Å². The predicted octanol–water partition coefficient (Wildman–Crippen LogP) is 1.15. The molecule has 118 valence electrons. The molecule has 0 saturated carbocycles. The Labute approximate surface area is 129 Å². The van der Waals surface area contributed by atoms with Crippen molar-refractivity contribution < 1.29 is 9.90 Å². The summed E-state index contributed by atoms with van der Waals surface area (Å²) in [6.45, 7) is 4.45. The minimum Gasteiger partial charge on any atom is -0.393 e. The van der Waals surface area contributed by atoms with Crippen molar-refractivity contribution in [3.05, 3.63) is 42.1 Å². The van der Waals surface area contributed by atoms with Gasteiger partial charge in [-0.2, -0.15) is 0 Å². The fourth-order valence-corrected chi connectivity index (χ4v) is 1.92. The summed E-state index contributed by atoms with van der Waals surface area (Å²) >= 11 is 0. The van der Waals surface area contributed by atoms with E-state index in [0.717, 1.165) is 17.2 Å². The van der Waals surface area contributed by atoms with Crippen LogP contribution in [0.3, 0.4) is 0 Å². The van der Waals surface area contributed by atoms with Gasteiger partial charge in [0, 0.05) is 31.7 Å². The van der Waals surface area contributed by atoms with E-state index in [-0.39, 0.29) is 6.03 Å². The number of hydrogen-bond acceptors (Lipinski definition) is 4. The average Bonchev–Trinajstić information content (AvgIpc) is 2.91. The molecule has 0 aliphatic rings. The third kappa shape index (κ3) is 4.56. The van der Waals surface area contributed by atoms with Gasteiger partial charge in [-0.25, -0.2) is 14.8 Å². The lowest BCUT2D eigenvalue weighted by molar-refractivity contribution is 0.183. The van der Waals surface area contributed by atoms with Crippen LogP contribution in [0.5, 0.6) is 0 Å². The first-order valence-corrected chi connectivity index (χ1v) is 7.21. The fraction of sp³-hybridized carbons (Fsp3) is 0.400. The molecule has 3 N–H and O–H groups in total. The second-order valence-corrected chi connectivity index (χ2v) is 5.12. The Morgan fingerprint density at radius 1 is 1.36 bits per heavy atom. The van der Waals surface area contributed by atoms with Crippen molar-refractivity contribution in [2.45, 2.75) is 32.9 Å². The second-order valence-electron chi connectivity index (χ2n) is 5.12. The highest BCUT2D eigenvalue weighted by Gasteiger charge is 2.04. The predicted molar refractivity (Wildman–Crippen MR) is 82.6 cm³/mol. The van der Waals surface area contributed by atoms with E-state index in [9.17, 15) is 4.79 Å². The maximum atomic E-state index is 11.6. The van der Waals surface area contributed by atoms with Crippen LogP contribution < -0.4 is 10.6 Å². The van der Waals surface area contributed by atoms with E-state index in [1.165, 1.54) is 0 Å². The van der Waals surface area contributed by atoms with E-state index in [1.807, 2.05) is 29.8 Å². The Hall–Kier alpha value is -2.41. The quantitative estimate of drug-likeness (QED) is 0.746. The van der Waals surface area contributed by atoms with E-state index in [0.29, 0.717) is 19.5 Å². The van der Waals surface area contributed by atoms with Crippen LogP contribution in [0, 0.1) is 6.92 Å². The number of aryl methyl sites for hydroxylation is 1. The maximum Gasteiger partial charge on any atom is 0.315 e. The Kier molecular flexibility index (Phi) is 5.48. The van der Waals surface area contributed by atoms with Crippen LogP contribution in [0.4, 0.5) is 4.79 Å². The molecule has 7 heteroatoms. The maximum absolute atomic E-state index is 11.6. The molecule has 2 amide bonds. The lowest BCUT2D eigenvalue weighted by Gasteiger charge is -2.09. The van der Waals surface area contributed by atoms with Crippen molar-refractivity contribution in [3.8, 4) is 5.82 Å². The van der Waals surface area contributed by atoms with Crippen LogP contribution in [-0.2, 0) is 6.54 Å². The molecule has 0 spiro atoms. The minimum atomic E-state index is -0.413. The molecule has 2 heterocycles. The van der Waals surface area contributed by atoms with Gasteiger partial charge >= 0.3 is 6.03 Å². The molecule has 0 bridgehead atoms. The normalized spacial score (nSPS) is 12.0.